The summed E-state index contributed by atoms with van der Waals surface area (Å²) in [6.45, 7) is 2.37. The van der Waals surface area contributed by atoms with Crippen LogP contribution < -0.4 is 5.73 Å². The number of rotatable bonds is 5. The molecule has 0 aliphatic carbocycles. The highest BCUT2D eigenvalue weighted by molar-refractivity contribution is 5.97. The predicted octanol–water partition coefficient (Wildman–Crippen LogP) is 0.278. The first-order valence-corrected chi connectivity index (χ1v) is 7.13. The van der Waals surface area contributed by atoms with Gasteiger partial charge in [-0.2, -0.15) is 0 Å². The monoisotopic (exact) mass is 292 g/mol. The summed E-state index contributed by atoms with van der Waals surface area (Å²) in [5.74, 6) is 0.114. The Morgan fingerprint density at radius 3 is 2.90 bits per heavy atom. The Hall–Kier alpha value is -1.63. The maximum absolute atomic E-state index is 9.91. The fourth-order valence-corrected chi connectivity index (χ4v) is 2.88. The summed E-state index contributed by atoms with van der Waals surface area (Å²) in [7, 11) is 4.09. The highest BCUT2D eigenvalue weighted by Gasteiger charge is 2.30. The van der Waals surface area contributed by atoms with Gasteiger partial charge in [-0.15, -0.1) is 0 Å². The third-order valence-corrected chi connectivity index (χ3v) is 3.80. The Bertz CT molecular complexity index is 504. The smallest absolute Gasteiger partial charge is 0.170 e. The van der Waals surface area contributed by atoms with Crippen molar-refractivity contribution in [3.63, 3.8) is 0 Å². The topological polar surface area (TPSA) is 85.3 Å². The van der Waals surface area contributed by atoms with E-state index in [9.17, 15) is 5.11 Å². The van der Waals surface area contributed by atoms with Crippen LogP contribution in [0.15, 0.2) is 29.4 Å². The van der Waals surface area contributed by atoms with Crippen molar-refractivity contribution in [1.29, 1.82) is 0 Å². The standard InChI is InChI=1S/C15H24N4O2/c1-18(2)9-13-7-14(20)10-19(13)8-11-4-3-5-12(6-11)15(16)17-21/h3-6,13-14,20-21H,7-10H2,1-2H3,(H2,16,17). The van der Waals surface area contributed by atoms with Gasteiger partial charge in [0.1, 0.15) is 0 Å². The number of hydrogen-bond acceptors (Lipinski definition) is 5. The number of hydrogen-bond donors (Lipinski definition) is 3. The number of nitrogens with zero attached hydrogens (tertiary/aromatic N) is 3. The molecule has 1 aromatic rings. The molecule has 0 bridgehead atoms. The van der Waals surface area contributed by atoms with Gasteiger partial charge in [-0.3, -0.25) is 4.90 Å². The first-order chi connectivity index (χ1) is 9.99. The number of benzene rings is 1. The van der Waals surface area contributed by atoms with Crippen molar-refractivity contribution >= 4 is 5.84 Å². The van der Waals surface area contributed by atoms with Crippen LogP contribution in [0, 0.1) is 0 Å². The molecule has 2 atom stereocenters. The van der Waals surface area contributed by atoms with Gasteiger partial charge in [-0.05, 0) is 32.1 Å². The normalized spacial score (nSPS) is 23.9. The summed E-state index contributed by atoms with van der Waals surface area (Å²) >= 11 is 0. The molecule has 0 amide bonds. The van der Waals surface area contributed by atoms with Gasteiger partial charge >= 0.3 is 0 Å². The number of β-amino-alcohol motifs (C(OH)–C–C–N with tert-alkyl or cyclic N) is 1. The second kappa shape index (κ2) is 6.89. The van der Waals surface area contributed by atoms with Crippen LogP contribution in [0.2, 0.25) is 0 Å². The van der Waals surface area contributed by atoms with E-state index in [0.29, 0.717) is 18.2 Å². The number of oxime groups is 1. The summed E-state index contributed by atoms with van der Waals surface area (Å²) in [5, 5.41) is 21.7. The summed E-state index contributed by atoms with van der Waals surface area (Å²) in [4.78, 5) is 4.43. The Balaban J connectivity index is 2.09. The maximum Gasteiger partial charge on any atom is 0.170 e. The zero-order valence-corrected chi connectivity index (χ0v) is 12.6. The van der Waals surface area contributed by atoms with E-state index in [1.807, 2.05) is 38.4 Å². The lowest BCUT2D eigenvalue weighted by Crippen LogP contribution is -2.37. The maximum atomic E-state index is 9.91. The molecule has 1 aliphatic rings. The second-order valence-electron chi connectivity index (χ2n) is 5.92. The Morgan fingerprint density at radius 1 is 1.48 bits per heavy atom. The van der Waals surface area contributed by atoms with Crippen LogP contribution in [0.3, 0.4) is 0 Å². The molecule has 1 saturated heterocycles. The summed E-state index contributed by atoms with van der Waals surface area (Å²) in [6.07, 6.45) is 0.542. The zero-order valence-electron chi connectivity index (χ0n) is 12.6. The lowest BCUT2D eigenvalue weighted by molar-refractivity contribution is 0.169. The molecule has 6 heteroatoms. The van der Waals surface area contributed by atoms with Crippen LogP contribution in [0.1, 0.15) is 17.5 Å². The molecule has 21 heavy (non-hydrogen) atoms. The molecular formula is C15H24N4O2. The van der Waals surface area contributed by atoms with E-state index in [-0.39, 0.29) is 11.9 Å². The van der Waals surface area contributed by atoms with Gasteiger partial charge < -0.3 is 20.9 Å². The Labute approximate surface area is 125 Å². The van der Waals surface area contributed by atoms with E-state index in [2.05, 4.69) is 15.0 Å². The molecule has 0 radical (unpaired) electrons. The molecule has 116 valence electrons. The van der Waals surface area contributed by atoms with E-state index in [4.69, 9.17) is 10.9 Å². The molecule has 1 heterocycles. The number of likely N-dealkylation sites (N-methyl/N-ethyl adjacent to an activating group) is 1. The molecule has 6 nitrogen and oxygen atoms in total. The van der Waals surface area contributed by atoms with Crippen molar-refractivity contribution in [2.24, 2.45) is 10.9 Å². The fraction of sp³-hybridized carbons (Fsp3) is 0.533. The second-order valence-corrected chi connectivity index (χ2v) is 5.92. The third-order valence-electron chi connectivity index (χ3n) is 3.80. The molecule has 1 fully saturated rings. The van der Waals surface area contributed by atoms with Crippen LogP contribution in [-0.2, 0) is 6.54 Å². The SMILES string of the molecule is CN(C)CC1CC(O)CN1Cc1cccc(C(N)=NO)c1. The molecule has 1 aliphatic heterocycles. The molecular weight excluding hydrogens is 268 g/mol. The Kier molecular flexibility index (Phi) is 5.17. The van der Waals surface area contributed by atoms with Crippen molar-refractivity contribution in [2.75, 3.05) is 27.2 Å². The molecule has 0 saturated carbocycles. The number of amidine groups is 1. The van der Waals surface area contributed by atoms with E-state index in [0.717, 1.165) is 25.1 Å². The van der Waals surface area contributed by atoms with Crippen LogP contribution in [-0.4, -0.2) is 65.3 Å². The van der Waals surface area contributed by atoms with E-state index >= 15 is 0 Å². The van der Waals surface area contributed by atoms with Crippen LogP contribution in [0.25, 0.3) is 0 Å². The molecule has 0 spiro atoms. The molecule has 1 aromatic carbocycles. The van der Waals surface area contributed by atoms with Crippen molar-refractivity contribution in [1.82, 2.24) is 9.80 Å². The minimum absolute atomic E-state index is 0.114. The van der Waals surface area contributed by atoms with E-state index < -0.39 is 0 Å². The molecule has 0 aromatic heterocycles. The van der Waals surface area contributed by atoms with Crippen LogP contribution >= 0.6 is 0 Å². The highest BCUT2D eigenvalue weighted by Crippen LogP contribution is 2.21. The number of aliphatic hydroxyl groups excluding tert-OH is 1. The van der Waals surface area contributed by atoms with Gasteiger partial charge in [0.25, 0.3) is 0 Å². The van der Waals surface area contributed by atoms with Crippen LogP contribution in [0.4, 0.5) is 0 Å². The first kappa shape index (κ1) is 15.8. The number of likely N-dealkylation sites (tertiary alicyclic amines) is 1. The fourth-order valence-electron chi connectivity index (χ4n) is 2.88. The van der Waals surface area contributed by atoms with Gasteiger partial charge in [-0.1, -0.05) is 23.4 Å². The number of aliphatic hydroxyl groups is 1. The van der Waals surface area contributed by atoms with Crippen molar-refractivity contribution in [3.05, 3.63) is 35.4 Å². The lowest BCUT2D eigenvalue weighted by atomic mass is 10.1. The van der Waals surface area contributed by atoms with Crippen LogP contribution in [0.5, 0.6) is 0 Å². The lowest BCUT2D eigenvalue weighted by Gasteiger charge is -2.26. The van der Waals surface area contributed by atoms with Crippen molar-refractivity contribution < 1.29 is 10.3 Å². The van der Waals surface area contributed by atoms with Gasteiger partial charge in [-0.25, -0.2) is 0 Å². The van der Waals surface area contributed by atoms with Gasteiger partial charge in [0.2, 0.25) is 0 Å². The largest absolute Gasteiger partial charge is 0.409 e. The van der Waals surface area contributed by atoms with Crippen molar-refractivity contribution in [2.45, 2.75) is 25.1 Å². The minimum atomic E-state index is -0.262. The van der Waals surface area contributed by atoms with E-state index in [1.165, 1.54) is 0 Å². The zero-order chi connectivity index (χ0) is 15.4. The number of nitrogens with two attached hydrogens (primary N) is 1. The Morgan fingerprint density at radius 2 is 2.24 bits per heavy atom. The van der Waals surface area contributed by atoms with Crippen molar-refractivity contribution in [3.8, 4) is 0 Å². The minimum Gasteiger partial charge on any atom is -0.409 e. The average molecular weight is 292 g/mol. The quantitative estimate of drug-likeness (QED) is 0.314. The first-order valence-electron chi connectivity index (χ1n) is 7.13. The molecule has 4 N–H and O–H groups in total. The van der Waals surface area contributed by atoms with E-state index in [1.54, 1.807) is 0 Å². The van der Waals surface area contributed by atoms with Gasteiger partial charge in [0.15, 0.2) is 5.84 Å². The summed E-state index contributed by atoms with van der Waals surface area (Å²) < 4.78 is 0. The predicted molar refractivity (Wildman–Crippen MR) is 82.3 cm³/mol. The van der Waals surface area contributed by atoms with Gasteiger partial charge in [0.05, 0.1) is 6.10 Å². The summed E-state index contributed by atoms with van der Waals surface area (Å²) in [6, 6.07) is 8.01. The third kappa shape index (κ3) is 4.17. The molecule has 2 rings (SSSR count). The highest BCUT2D eigenvalue weighted by atomic mass is 16.4. The molecule has 2 unspecified atom stereocenters. The van der Waals surface area contributed by atoms with Gasteiger partial charge in [0, 0.05) is 31.2 Å². The average Bonchev–Trinajstić information content (AvgIpc) is 2.77. The summed E-state index contributed by atoms with van der Waals surface area (Å²) in [5.41, 5.74) is 7.43.